The average Bonchev–Trinajstić information content (AvgIpc) is 3.09. The first-order chi connectivity index (χ1) is 11.3. The highest BCUT2D eigenvalue weighted by atomic mass is 35.5. The van der Waals surface area contributed by atoms with E-state index in [0.717, 1.165) is 36.8 Å². The summed E-state index contributed by atoms with van der Waals surface area (Å²) in [6.45, 7) is 3.10. The smallest absolute Gasteiger partial charge is 0.225 e. The number of nitrogens with zero attached hydrogens (tertiary/aromatic N) is 1. The number of benzene rings is 2. The Labute approximate surface area is 149 Å². The van der Waals surface area contributed by atoms with Crippen LogP contribution in [0.25, 0.3) is 0 Å². The molecule has 5 heteroatoms. The van der Waals surface area contributed by atoms with Crippen LogP contribution in [0.2, 0.25) is 0 Å². The number of carbonyl (C=O) groups is 1. The van der Waals surface area contributed by atoms with Crippen molar-refractivity contribution in [1.82, 2.24) is 4.90 Å². The van der Waals surface area contributed by atoms with Gasteiger partial charge in [0.2, 0.25) is 5.91 Å². The molecule has 0 bridgehead atoms. The van der Waals surface area contributed by atoms with Gasteiger partial charge in [0, 0.05) is 18.7 Å². The molecular weight excluding hydrogens is 324 g/mol. The number of ether oxygens (including phenoxy) is 1. The topological polar surface area (TPSA) is 41.6 Å². The van der Waals surface area contributed by atoms with Crippen LogP contribution in [0.1, 0.15) is 19.3 Å². The Hall–Kier alpha value is -2.04. The van der Waals surface area contributed by atoms with E-state index < -0.39 is 0 Å². The molecule has 0 radical (unpaired) electrons. The Bertz CT molecular complexity index is 626. The quantitative estimate of drug-likeness (QED) is 0.846. The van der Waals surface area contributed by atoms with Gasteiger partial charge in [0.25, 0.3) is 0 Å². The monoisotopic (exact) mass is 346 g/mol. The maximum absolute atomic E-state index is 12.0. The van der Waals surface area contributed by atoms with Crippen molar-refractivity contribution >= 4 is 24.0 Å². The van der Waals surface area contributed by atoms with Crippen molar-refractivity contribution in [3.8, 4) is 11.5 Å². The third kappa shape index (κ3) is 5.55. The Morgan fingerprint density at radius 2 is 1.58 bits per heavy atom. The molecule has 4 nitrogen and oxygen atoms in total. The Morgan fingerprint density at radius 1 is 0.958 bits per heavy atom. The number of carbonyl (C=O) groups excluding carboxylic acids is 1. The van der Waals surface area contributed by atoms with Gasteiger partial charge in [-0.1, -0.05) is 18.2 Å². The summed E-state index contributed by atoms with van der Waals surface area (Å²) in [6, 6.07) is 17.1. The van der Waals surface area contributed by atoms with E-state index >= 15 is 0 Å². The molecule has 0 aliphatic carbocycles. The van der Waals surface area contributed by atoms with Crippen LogP contribution >= 0.6 is 12.4 Å². The molecule has 1 saturated heterocycles. The maximum atomic E-state index is 12.0. The zero-order chi connectivity index (χ0) is 15.9. The van der Waals surface area contributed by atoms with Crippen LogP contribution in [0.4, 0.5) is 5.69 Å². The van der Waals surface area contributed by atoms with Gasteiger partial charge in [0.05, 0.1) is 0 Å². The van der Waals surface area contributed by atoms with Crippen molar-refractivity contribution in [3.63, 3.8) is 0 Å². The van der Waals surface area contributed by atoms with Crippen LogP contribution in [0.15, 0.2) is 54.6 Å². The number of hydrogen-bond donors (Lipinski definition) is 1. The fourth-order valence-electron chi connectivity index (χ4n) is 2.72. The second kappa shape index (κ2) is 9.30. The molecule has 2 aromatic carbocycles. The van der Waals surface area contributed by atoms with Gasteiger partial charge in [-0.25, -0.2) is 0 Å². The predicted octanol–water partition coefficient (Wildman–Crippen LogP) is 4.33. The van der Waals surface area contributed by atoms with E-state index in [-0.39, 0.29) is 18.3 Å². The first kappa shape index (κ1) is 18.3. The van der Waals surface area contributed by atoms with Crippen molar-refractivity contribution < 1.29 is 9.53 Å². The Balaban J connectivity index is 0.00000208. The highest BCUT2D eigenvalue weighted by Crippen LogP contribution is 2.22. The molecule has 0 saturated carbocycles. The lowest BCUT2D eigenvalue weighted by atomic mass is 10.2. The summed E-state index contributed by atoms with van der Waals surface area (Å²) in [4.78, 5) is 14.3. The van der Waals surface area contributed by atoms with E-state index in [4.69, 9.17) is 4.74 Å². The minimum atomic E-state index is 0. The summed E-state index contributed by atoms with van der Waals surface area (Å²) in [5.74, 6) is 1.62. The van der Waals surface area contributed by atoms with Crippen LogP contribution in [-0.2, 0) is 4.79 Å². The number of hydrogen-bond acceptors (Lipinski definition) is 3. The van der Waals surface area contributed by atoms with E-state index in [2.05, 4.69) is 10.2 Å². The van der Waals surface area contributed by atoms with Crippen LogP contribution in [-0.4, -0.2) is 30.4 Å². The zero-order valence-corrected chi connectivity index (χ0v) is 14.4. The minimum Gasteiger partial charge on any atom is -0.457 e. The van der Waals surface area contributed by atoms with Gasteiger partial charge in [-0.05, 0) is 62.3 Å². The largest absolute Gasteiger partial charge is 0.457 e. The molecule has 1 aliphatic rings. The molecule has 1 N–H and O–H groups in total. The van der Waals surface area contributed by atoms with Crippen LogP contribution < -0.4 is 10.1 Å². The normalized spacial score (nSPS) is 14.0. The van der Waals surface area contributed by atoms with Crippen LogP contribution in [0.3, 0.4) is 0 Å². The average molecular weight is 347 g/mol. The van der Waals surface area contributed by atoms with Gasteiger partial charge in [0.1, 0.15) is 11.5 Å². The molecule has 1 fully saturated rings. The fraction of sp³-hybridized carbons (Fsp3) is 0.316. The standard InChI is InChI=1S/C19H22N2O2.ClH/c22-19(12-15-21-13-4-5-14-21)20-16-8-10-18(11-9-16)23-17-6-2-1-3-7-17;/h1-3,6-11H,4-5,12-15H2,(H,20,22);1H. The molecule has 1 aliphatic heterocycles. The third-order valence-corrected chi connectivity index (χ3v) is 3.97. The summed E-state index contributed by atoms with van der Waals surface area (Å²) in [5.41, 5.74) is 0.803. The van der Waals surface area contributed by atoms with Crippen molar-refractivity contribution in [1.29, 1.82) is 0 Å². The zero-order valence-electron chi connectivity index (χ0n) is 13.6. The lowest BCUT2D eigenvalue weighted by Crippen LogP contribution is -2.25. The van der Waals surface area contributed by atoms with Crippen LogP contribution in [0, 0.1) is 0 Å². The molecule has 0 spiro atoms. The molecule has 2 aromatic rings. The second-order valence-corrected chi connectivity index (χ2v) is 5.79. The van der Waals surface area contributed by atoms with Gasteiger partial charge in [-0.15, -0.1) is 12.4 Å². The van der Waals surface area contributed by atoms with Crippen molar-refractivity contribution in [2.75, 3.05) is 25.0 Å². The number of amides is 1. The Kier molecular flexibility index (Phi) is 7.09. The number of anilines is 1. The minimum absolute atomic E-state index is 0. The van der Waals surface area contributed by atoms with Crippen molar-refractivity contribution in [2.45, 2.75) is 19.3 Å². The van der Waals surface area contributed by atoms with E-state index in [9.17, 15) is 4.79 Å². The number of para-hydroxylation sites is 1. The van der Waals surface area contributed by atoms with E-state index in [1.165, 1.54) is 12.8 Å². The summed E-state index contributed by atoms with van der Waals surface area (Å²) in [6.07, 6.45) is 3.05. The van der Waals surface area contributed by atoms with Crippen LogP contribution in [0.5, 0.6) is 11.5 Å². The predicted molar refractivity (Wildman–Crippen MR) is 99.1 cm³/mol. The highest BCUT2D eigenvalue weighted by Gasteiger charge is 2.12. The van der Waals surface area contributed by atoms with Crippen molar-refractivity contribution in [2.24, 2.45) is 0 Å². The lowest BCUT2D eigenvalue weighted by molar-refractivity contribution is -0.116. The first-order valence-corrected chi connectivity index (χ1v) is 8.15. The highest BCUT2D eigenvalue weighted by molar-refractivity contribution is 5.90. The van der Waals surface area contributed by atoms with Gasteiger partial charge in [0.15, 0.2) is 0 Å². The SMILES string of the molecule is Cl.O=C(CCN1CCCC1)Nc1ccc(Oc2ccccc2)cc1. The fourth-order valence-corrected chi connectivity index (χ4v) is 2.72. The van der Waals surface area contributed by atoms with E-state index in [0.29, 0.717) is 6.42 Å². The molecule has 0 aromatic heterocycles. The summed E-state index contributed by atoms with van der Waals surface area (Å²) in [7, 11) is 0. The lowest BCUT2D eigenvalue weighted by Gasteiger charge is -2.14. The molecule has 0 unspecified atom stereocenters. The van der Waals surface area contributed by atoms with Crippen molar-refractivity contribution in [3.05, 3.63) is 54.6 Å². The molecule has 128 valence electrons. The van der Waals surface area contributed by atoms with Gasteiger partial charge < -0.3 is 15.0 Å². The van der Waals surface area contributed by atoms with Gasteiger partial charge in [-0.3, -0.25) is 4.79 Å². The summed E-state index contributed by atoms with van der Waals surface area (Å²) < 4.78 is 5.73. The number of likely N-dealkylation sites (tertiary alicyclic amines) is 1. The van der Waals surface area contributed by atoms with E-state index in [1.54, 1.807) is 0 Å². The maximum Gasteiger partial charge on any atom is 0.225 e. The van der Waals surface area contributed by atoms with Gasteiger partial charge >= 0.3 is 0 Å². The summed E-state index contributed by atoms with van der Waals surface area (Å²) >= 11 is 0. The molecular formula is C19H23ClN2O2. The molecule has 1 amide bonds. The molecule has 1 heterocycles. The Morgan fingerprint density at radius 3 is 2.25 bits per heavy atom. The number of nitrogens with one attached hydrogen (secondary N) is 1. The summed E-state index contributed by atoms with van der Waals surface area (Å²) in [5, 5.41) is 2.94. The van der Waals surface area contributed by atoms with Gasteiger partial charge in [-0.2, -0.15) is 0 Å². The third-order valence-electron chi connectivity index (χ3n) is 3.97. The molecule has 24 heavy (non-hydrogen) atoms. The second-order valence-electron chi connectivity index (χ2n) is 5.79. The molecule has 0 atom stereocenters. The number of halogens is 1. The first-order valence-electron chi connectivity index (χ1n) is 8.15. The number of rotatable bonds is 6. The van der Waals surface area contributed by atoms with E-state index in [1.807, 2.05) is 54.6 Å². The molecule has 3 rings (SSSR count).